The Hall–Kier alpha value is -19.8. The molecule has 32 rings (SSSR count). The van der Waals surface area contributed by atoms with E-state index in [0.717, 1.165) is 265 Å². The summed E-state index contributed by atoms with van der Waals surface area (Å²) in [6.07, 6.45) is 0. The first-order valence-corrected chi connectivity index (χ1v) is 49.1. The van der Waals surface area contributed by atoms with Crippen LogP contribution in [0.5, 0.6) is 0 Å². The van der Waals surface area contributed by atoms with Crippen molar-refractivity contribution in [3.63, 3.8) is 0 Å². The summed E-state index contributed by atoms with van der Waals surface area (Å²) >= 11 is 0. The van der Waals surface area contributed by atoms with Gasteiger partial charge in [0.2, 0.25) is 0 Å². The Morgan fingerprint density at radius 2 is 0.432 bits per heavy atom. The first kappa shape index (κ1) is 82.1. The largest absolute Gasteiger partial charge is 0.456 e. The summed E-state index contributed by atoms with van der Waals surface area (Å²) in [7, 11) is 0. The highest BCUT2D eigenvalue weighted by molar-refractivity contribution is 6.30. The van der Waals surface area contributed by atoms with Crippen LogP contribution >= 0.6 is 0 Å². The Kier molecular flexibility index (Phi) is 18.5. The second-order valence-electron chi connectivity index (χ2n) is 37.4. The number of rotatable bonds is 12. The van der Waals surface area contributed by atoms with Gasteiger partial charge in [-0.15, -0.1) is 0 Å². The number of hydrogen-bond acceptors (Lipinski definition) is 12. The third-order valence-electron chi connectivity index (χ3n) is 29.2. The standard InChI is InChI=1S/2C46H27NO3.C42H25NO3/c1-2-12-32-28(10-1)11-9-16-33(32)29-20-22-30(23-21-29)47(31-24-25-36-34-13-3-6-17-40(34)48-43(36)26-31)39-27-38-35-14-4-7-18-41(35)49-45(38)46-44(39)37-15-5-8-19-42(37)50-46;1-2-11-30-26-31(21-20-28(30)10-1)29-22-24-32(25-23-29)47(38-16-9-15-35-33-12-3-6-17-40(33)48-44(35)38)39-27-37-34-13-4-7-18-41(34)49-45(37)46-43(39)36-14-5-8-19-42(36)50-46;1-2-11-26(12-3-1)27-21-23-28(24-22-27)43(33-16-10-20-38-39(33)30-14-5-8-18-36(30)44-38)34-25-32-29-13-4-7-17-35(29)45-41(32)42-40(34)31-15-6-9-19-37(31)46-42/h2*1-27H;1-25H. The van der Waals surface area contributed by atoms with E-state index >= 15 is 0 Å². The molecule has 0 aliphatic rings. The normalized spacial score (nSPS) is 12.0. The first-order chi connectivity index (χ1) is 72.4. The zero-order valence-electron chi connectivity index (χ0n) is 78.1. The van der Waals surface area contributed by atoms with Crippen LogP contribution in [0.15, 0.2) is 519 Å². The fraction of sp³-hybridized carbons (Fsp3) is 0. The summed E-state index contributed by atoms with van der Waals surface area (Å²) in [5, 5.41) is 23.6. The van der Waals surface area contributed by atoms with Crippen LogP contribution in [0.4, 0.5) is 51.2 Å². The van der Waals surface area contributed by atoms with Crippen molar-refractivity contribution in [2.45, 2.75) is 0 Å². The lowest BCUT2D eigenvalue weighted by Gasteiger charge is -2.27. The quantitative estimate of drug-likeness (QED) is 0.115. The molecule has 0 spiro atoms. The van der Waals surface area contributed by atoms with Crippen molar-refractivity contribution in [2.75, 3.05) is 14.7 Å². The Balaban J connectivity index is 0.000000102. The fourth-order valence-corrected chi connectivity index (χ4v) is 22.5. The molecule has 146 heavy (non-hydrogen) atoms. The maximum atomic E-state index is 6.68. The van der Waals surface area contributed by atoms with E-state index in [1.807, 2.05) is 121 Å². The maximum absolute atomic E-state index is 6.68. The van der Waals surface area contributed by atoms with Crippen molar-refractivity contribution < 1.29 is 39.8 Å². The molecule has 0 saturated carbocycles. The molecule has 0 atom stereocenters. The smallest absolute Gasteiger partial charge is 0.180 e. The van der Waals surface area contributed by atoms with E-state index in [0.29, 0.717) is 0 Å². The Labute approximate surface area is 831 Å². The van der Waals surface area contributed by atoms with Gasteiger partial charge in [-0.25, -0.2) is 0 Å². The topological polar surface area (TPSA) is 128 Å². The Morgan fingerprint density at radius 3 is 0.952 bits per heavy atom. The van der Waals surface area contributed by atoms with Gasteiger partial charge < -0.3 is 54.5 Å². The molecule has 0 N–H and O–H groups in total. The summed E-state index contributed by atoms with van der Waals surface area (Å²) < 4.78 is 59.0. The second-order valence-corrected chi connectivity index (χ2v) is 37.4. The van der Waals surface area contributed by atoms with Crippen molar-refractivity contribution in [1.29, 1.82) is 0 Å². The van der Waals surface area contributed by atoms with Crippen LogP contribution in [-0.2, 0) is 0 Å². The van der Waals surface area contributed by atoms with E-state index < -0.39 is 0 Å². The summed E-state index contributed by atoms with van der Waals surface area (Å²) in [4.78, 5) is 7.00. The van der Waals surface area contributed by atoms with Crippen LogP contribution in [-0.4, -0.2) is 0 Å². The average Bonchev–Trinajstić information content (AvgIpc) is 1.57. The lowest BCUT2D eigenvalue weighted by Crippen LogP contribution is -2.11. The van der Waals surface area contributed by atoms with Crippen molar-refractivity contribution >= 4 is 270 Å². The SMILES string of the molecule is c1ccc(-c2ccc(N(c3cccc4oc5ccccc5c34)c3cc4c5ccccc5oc4c4oc5ccccc5c34)cc2)cc1.c1ccc2c(-c3ccc(N(c4ccc5c(c4)oc4ccccc45)c4cc5c6ccccc6oc5c5oc6ccccc6c45)cc3)cccc2c1.c1ccc2cc(-c3ccc(N(c4cccc5c4oc4ccccc45)c4cc5c6ccccc6oc5c5oc6ccccc6c45)cc3)ccc2c1. The predicted molar refractivity (Wildman–Crippen MR) is 600 cm³/mol. The van der Waals surface area contributed by atoms with E-state index in [4.69, 9.17) is 39.8 Å². The number of fused-ring (bicyclic) bond motifs is 32. The monoisotopic (exact) mass is 1870 g/mol. The molecule has 0 aliphatic heterocycles. The zero-order chi connectivity index (χ0) is 95.7. The van der Waals surface area contributed by atoms with Crippen molar-refractivity contribution in [3.8, 4) is 33.4 Å². The molecule has 9 heterocycles. The average molecular weight is 1880 g/mol. The molecule has 0 radical (unpaired) electrons. The van der Waals surface area contributed by atoms with Crippen LogP contribution in [0.1, 0.15) is 0 Å². The highest BCUT2D eigenvalue weighted by Gasteiger charge is 2.32. The number of hydrogen-bond donors (Lipinski definition) is 0. The van der Waals surface area contributed by atoms with E-state index in [1.165, 1.54) is 38.2 Å². The van der Waals surface area contributed by atoms with E-state index in [2.05, 4.69) is 373 Å². The summed E-state index contributed by atoms with van der Waals surface area (Å²) in [6.45, 7) is 0. The van der Waals surface area contributed by atoms with E-state index in [-0.39, 0.29) is 0 Å². The van der Waals surface area contributed by atoms with Gasteiger partial charge in [0.25, 0.3) is 0 Å². The maximum Gasteiger partial charge on any atom is 0.180 e. The van der Waals surface area contributed by atoms with Crippen LogP contribution in [0.3, 0.4) is 0 Å². The van der Waals surface area contributed by atoms with Crippen LogP contribution < -0.4 is 14.7 Å². The third-order valence-corrected chi connectivity index (χ3v) is 29.2. The molecule has 12 nitrogen and oxygen atoms in total. The molecule has 684 valence electrons. The molecule has 0 fully saturated rings. The number of anilines is 9. The molecule has 9 aromatic heterocycles. The number of para-hydroxylation sites is 10. The molecule has 12 heteroatoms. The van der Waals surface area contributed by atoms with E-state index in [9.17, 15) is 0 Å². The molecule has 32 aromatic rings. The van der Waals surface area contributed by atoms with Crippen molar-refractivity contribution in [2.24, 2.45) is 0 Å². The molecular weight excluding hydrogens is 1800 g/mol. The van der Waals surface area contributed by atoms with Gasteiger partial charge in [0.05, 0.1) is 50.0 Å². The van der Waals surface area contributed by atoms with Gasteiger partial charge in [-0.1, -0.05) is 328 Å². The van der Waals surface area contributed by atoms with Crippen LogP contribution in [0.25, 0.3) is 252 Å². The van der Waals surface area contributed by atoms with Gasteiger partial charge in [0, 0.05) is 104 Å². The number of nitrogens with zero attached hydrogens (tertiary/aromatic N) is 3. The Morgan fingerprint density at radius 1 is 0.123 bits per heavy atom. The summed E-state index contributed by atoms with van der Waals surface area (Å²) in [6, 6.07) is 167. The fourth-order valence-electron chi connectivity index (χ4n) is 22.5. The number of furan rings is 9. The van der Waals surface area contributed by atoms with Crippen LogP contribution in [0, 0.1) is 0 Å². The van der Waals surface area contributed by atoms with Gasteiger partial charge in [0.15, 0.2) is 39.1 Å². The molecule has 0 aliphatic carbocycles. The minimum absolute atomic E-state index is 0.726. The van der Waals surface area contributed by atoms with Crippen molar-refractivity contribution in [3.05, 3.63) is 479 Å². The van der Waals surface area contributed by atoms with E-state index in [1.54, 1.807) is 0 Å². The van der Waals surface area contributed by atoms with Gasteiger partial charge in [-0.3, -0.25) is 0 Å². The zero-order valence-corrected chi connectivity index (χ0v) is 78.1. The molecule has 23 aromatic carbocycles. The third kappa shape index (κ3) is 13.1. The summed E-state index contributed by atoms with van der Waals surface area (Å²) in [5.74, 6) is 0. The van der Waals surface area contributed by atoms with Crippen LogP contribution in [0.2, 0.25) is 0 Å². The molecule has 0 unspecified atom stereocenters. The lowest BCUT2D eigenvalue weighted by molar-refractivity contribution is 0.633. The summed E-state index contributed by atoms with van der Waals surface area (Å²) in [5.41, 5.74) is 30.5. The number of benzene rings is 23. The predicted octanol–water partition coefficient (Wildman–Crippen LogP) is 39.9. The van der Waals surface area contributed by atoms with Gasteiger partial charge in [-0.05, 0) is 201 Å². The molecule has 0 amide bonds. The van der Waals surface area contributed by atoms with Crippen molar-refractivity contribution in [1.82, 2.24) is 0 Å². The lowest BCUT2D eigenvalue weighted by atomic mass is 9.98. The molecular formula is C134H79N3O9. The Bertz CT molecular complexity index is 10900. The minimum atomic E-state index is 0.726. The molecule has 0 bridgehead atoms. The minimum Gasteiger partial charge on any atom is -0.456 e. The first-order valence-electron chi connectivity index (χ1n) is 49.1. The van der Waals surface area contributed by atoms with Gasteiger partial charge in [0.1, 0.15) is 61.4 Å². The highest BCUT2D eigenvalue weighted by atomic mass is 16.4. The van der Waals surface area contributed by atoms with Gasteiger partial charge >= 0.3 is 0 Å². The second kappa shape index (κ2) is 32.9. The van der Waals surface area contributed by atoms with Gasteiger partial charge in [-0.2, -0.15) is 0 Å². The highest BCUT2D eigenvalue weighted by Crippen LogP contribution is 2.56. The molecule has 0 saturated heterocycles.